The van der Waals surface area contributed by atoms with Crippen LogP contribution in [0.1, 0.15) is 22.8 Å². The number of nitrogens with zero attached hydrogens (tertiary/aromatic N) is 2. The van der Waals surface area contributed by atoms with E-state index in [-0.39, 0.29) is 0 Å². The molecule has 0 amide bonds. The van der Waals surface area contributed by atoms with Crippen LogP contribution in [0.15, 0.2) is 136 Å². The third-order valence-corrected chi connectivity index (χ3v) is 17.0. The van der Waals surface area contributed by atoms with Gasteiger partial charge in [-0.15, -0.1) is 94.1 Å². The first-order valence-corrected chi connectivity index (χ1v) is 30.2. The van der Waals surface area contributed by atoms with E-state index in [9.17, 15) is 0 Å². The fourth-order valence-corrected chi connectivity index (χ4v) is 12.4. The molecule has 2 aliphatic heterocycles. The van der Waals surface area contributed by atoms with Crippen molar-refractivity contribution in [1.29, 1.82) is 0 Å². The Morgan fingerprint density at radius 1 is 0.281 bits per heavy atom. The first-order chi connectivity index (χ1) is 31.3. The predicted molar refractivity (Wildman–Crippen MR) is 295 cm³/mol. The standard InChI is InChI=1S/C52H46N4S8/c1-57-33-17-29(18-34(25-33)58-2)49-41-9-11-43(53-41)50(30-19-35(59-3)26-36(20-30)60-4)45-13-15-47(55-45)52(32-23-39(63-7)28-40(24-32)64-8)48-16-14-46(56-48)51(44-12-10-42(49)54-44)31-21-37(61-5)27-38(22-31)62-6/h9-28,53,56H,1-8H3. The summed E-state index contributed by atoms with van der Waals surface area (Å²) in [4.78, 5) is 28.9. The zero-order chi connectivity index (χ0) is 44.5. The molecule has 0 unspecified atom stereocenters. The number of hydrogen-bond donors (Lipinski definition) is 2. The smallest absolute Gasteiger partial charge is 0.0737 e. The summed E-state index contributed by atoms with van der Waals surface area (Å²) in [5.74, 6) is 0. The summed E-state index contributed by atoms with van der Waals surface area (Å²) in [5, 5.41) is 0. The van der Waals surface area contributed by atoms with Crippen molar-refractivity contribution >= 4 is 140 Å². The van der Waals surface area contributed by atoms with Gasteiger partial charge in [-0.05, 0) is 194 Å². The Labute approximate surface area is 410 Å². The highest BCUT2D eigenvalue weighted by atomic mass is 32.2. The fraction of sp³-hybridized carbons (Fsp3) is 0.154. The van der Waals surface area contributed by atoms with Gasteiger partial charge in [-0.1, -0.05) is 0 Å². The van der Waals surface area contributed by atoms with Gasteiger partial charge < -0.3 is 9.97 Å². The zero-order valence-corrected chi connectivity index (χ0v) is 43.2. The number of aromatic amines is 2. The van der Waals surface area contributed by atoms with Crippen LogP contribution in [0, 0.1) is 0 Å². The van der Waals surface area contributed by atoms with Crippen LogP contribution in [-0.2, 0) is 0 Å². The normalized spacial score (nSPS) is 12.1. The number of benzene rings is 4. The molecule has 7 aromatic rings. The largest absolute Gasteiger partial charge is 0.354 e. The van der Waals surface area contributed by atoms with Gasteiger partial charge in [0.15, 0.2) is 0 Å². The van der Waals surface area contributed by atoms with Crippen molar-refractivity contribution in [3.63, 3.8) is 0 Å². The molecule has 0 atom stereocenters. The second-order valence-electron chi connectivity index (χ2n) is 14.9. The Morgan fingerprint density at radius 3 is 0.641 bits per heavy atom. The van der Waals surface area contributed by atoms with Gasteiger partial charge in [0.05, 0.1) is 22.8 Å². The Hall–Kier alpha value is -3.72. The van der Waals surface area contributed by atoms with E-state index in [1.54, 1.807) is 94.1 Å². The van der Waals surface area contributed by atoms with Gasteiger partial charge in [0.25, 0.3) is 0 Å². The SMILES string of the molecule is CSc1cc(SC)cc(-c2c3nc(c(-c4cc(SC)cc(SC)c4)c4ccc([nH]4)c(-c4cc(SC)cc(SC)c4)c4nc(c(-c5cc(SC)cc(SC)c5)c5ccc2[nH]5)C=C4)C=C3)c1. The Morgan fingerprint density at radius 2 is 0.469 bits per heavy atom. The number of H-pyrrole nitrogens is 2. The number of hydrogen-bond acceptors (Lipinski definition) is 10. The van der Waals surface area contributed by atoms with E-state index in [0.717, 1.165) is 89.4 Å². The quantitative estimate of drug-likeness (QED) is 0.116. The summed E-state index contributed by atoms with van der Waals surface area (Å²) in [6, 6.07) is 36.4. The van der Waals surface area contributed by atoms with Crippen molar-refractivity contribution < 1.29 is 0 Å². The molecule has 4 aromatic carbocycles. The maximum Gasteiger partial charge on any atom is 0.0737 e. The lowest BCUT2D eigenvalue weighted by Crippen LogP contribution is -1.91. The summed E-state index contributed by atoms with van der Waals surface area (Å²) in [7, 11) is 0. The Balaban J connectivity index is 1.50. The van der Waals surface area contributed by atoms with Gasteiger partial charge in [-0.2, -0.15) is 0 Å². The molecule has 0 radical (unpaired) electrons. The van der Waals surface area contributed by atoms with Crippen molar-refractivity contribution in [1.82, 2.24) is 19.9 Å². The summed E-state index contributed by atoms with van der Waals surface area (Å²) in [5.41, 5.74) is 16.3. The van der Waals surface area contributed by atoms with E-state index < -0.39 is 0 Å². The maximum atomic E-state index is 5.62. The molecule has 9 rings (SSSR count). The average molecular weight is 984 g/mol. The molecule has 8 bridgehead atoms. The number of aromatic nitrogens is 4. The van der Waals surface area contributed by atoms with E-state index in [1.807, 2.05) is 0 Å². The van der Waals surface area contributed by atoms with E-state index in [4.69, 9.17) is 9.97 Å². The first kappa shape index (κ1) is 45.4. The maximum absolute atomic E-state index is 5.62. The molecule has 64 heavy (non-hydrogen) atoms. The molecule has 0 fully saturated rings. The fourth-order valence-electron chi connectivity index (χ4n) is 8.23. The molecular weight excluding hydrogens is 937 g/mol. The van der Waals surface area contributed by atoms with Crippen LogP contribution < -0.4 is 0 Å². The minimum absolute atomic E-state index is 0.909. The zero-order valence-electron chi connectivity index (χ0n) is 36.7. The highest BCUT2D eigenvalue weighted by Crippen LogP contribution is 2.43. The molecule has 0 saturated heterocycles. The Bertz CT molecular complexity index is 2680. The number of rotatable bonds is 12. The lowest BCUT2D eigenvalue weighted by molar-refractivity contribution is 1.28. The second kappa shape index (κ2) is 20.0. The lowest BCUT2D eigenvalue weighted by atomic mass is 10.0. The summed E-state index contributed by atoms with van der Waals surface area (Å²) in [6.45, 7) is 0. The van der Waals surface area contributed by atoms with E-state index in [2.05, 4.69) is 181 Å². The average Bonchev–Trinajstić information content (AvgIpc) is 4.19. The summed E-state index contributed by atoms with van der Waals surface area (Å²) < 4.78 is 0. The van der Waals surface area contributed by atoms with Crippen LogP contribution in [0.25, 0.3) is 90.9 Å². The van der Waals surface area contributed by atoms with Gasteiger partial charge in [0, 0.05) is 83.5 Å². The summed E-state index contributed by atoms with van der Waals surface area (Å²) >= 11 is 14.1. The highest BCUT2D eigenvalue weighted by molar-refractivity contribution is 8.00. The monoisotopic (exact) mass is 982 g/mol. The minimum Gasteiger partial charge on any atom is -0.354 e. The van der Waals surface area contributed by atoms with Gasteiger partial charge in [0.2, 0.25) is 0 Å². The van der Waals surface area contributed by atoms with Crippen LogP contribution in [0.2, 0.25) is 0 Å². The van der Waals surface area contributed by atoms with Gasteiger partial charge in [0.1, 0.15) is 0 Å². The molecule has 3 aromatic heterocycles. The molecule has 5 heterocycles. The number of thioether (sulfide) groups is 8. The second-order valence-corrected chi connectivity index (χ2v) is 21.9. The van der Waals surface area contributed by atoms with Crippen LogP contribution in [0.3, 0.4) is 0 Å². The van der Waals surface area contributed by atoms with E-state index in [0.29, 0.717) is 0 Å². The van der Waals surface area contributed by atoms with Crippen molar-refractivity contribution in [3.8, 4) is 44.5 Å². The Kier molecular flexibility index (Phi) is 14.2. The molecule has 4 nitrogen and oxygen atoms in total. The van der Waals surface area contributed by atoms with Gasteiger partial charge >= 0.3 is 0 Å². The number of fused-ring (bicyclic) bond motifs is 8. The molecule has 0 saturated carbocycles. The van der Waals surface area contributed by atoms with E-state index >= 15 is 0 Å². The summed E-state index contributed by atoms with van der Waals surface area (Å²) in [6.07, 6.45) is 26.0. The minimum atomic E-state index is 0.909. The van der Waals surface area contributed by atoms with Crippen LogP contribution in [0.5, 0.6) is 0 Å². The van der Waals surface area contributed by atoms with Gasteiger partial charge in [-0.3, -0.25) is 0 Å². The molecular formula is C52H46N4S8. The van der Waals surface area contributed by atoms with Crippen LogP contribution in [-0.4, -0.2) is 70.0 Å². The third-order valence-electron chi connectivity index (χ3n) is 11.3. The first-order valence-electron chi connectivity index (χ1n) is 20.4. The number of nitrogens with one attached hydrogen (secondary N) is 2. The molecule has 2 aliphatic rings. The molecule has 0 spiro atoms. The lowest BCUT2D eigenvalue weighted by Gasteiger charge is -2.11. The molecule has 2 N–H and O–H groups in total. The van der Waals surface area contributed by atoms with Crippen LogP contribution >= 0.6 is 94.1 Å². The molecule has 322 valence electrons. The van der Waals surface area contributed by atoms with Gasteiger partial charge in [-0.25, -0.2) is 9.97 Å². The predicted octanol–water partition coefficient (Wildman–Crippen LogP) is 17.1. The van der Waals surface area contributed by atoms with Crippen molar-refractivity contribution in [3.05, 3.63) is 120 Å². The van der Waals surface area contributed by atoms with Crippen molar-refractivity contribution in [2.24, 2.45) is 0 Å². The highest BCUT2D eigenvalue weighted by Gasteiger charge is 2.21. The van der Waals surface area contributed by atoms with Crippen LogP contribution in [0.4, 0.5) is 0 Å². The molecule has 0 aliphatic carbocycles. The topological polar surface area (TPSA) is 57.4 Å². The van der Waals surface area contributed by atoms with Crippen molar-refractivity contribution in [2.45, 2.75) is 39.2 Å². The molecule has 12 heteroatoms. The van der Waals surface area contributed by atoms with Crippen molar-refractivity contribution in [2.75, 3.05) is 50.0 Å². The third kappa shape index (κ3) is 9.19. The van der Waals surface area contributed by atoms with E-state index in [1.165, 1.54) is 39.2 Å².